The lowest BCUT2D eigenvalue weighted by molar-refractivity contribution is -0.119. The quantitative estimate of drug-likeness (QED) is 0.307. The van der Waals surface area contributed by atoms with E-state index < -0.39 is 18.0 Å². The number of amides is 2. The Kier molecular flexibility index (Phi) is 7.13. The van der Waals surface area contributed by atoms with Crippen molar-refractivity contribution in [2.24, 2.45) is 0 Å². The third-order valence-corrected chi connectivity index (χ3v) is 6.14. The van der Waals surface area contributed by atoms with E-state index in [0.29, 0.717) is 46.9 Å². The fraction of sp³-hybridized carbons (Fsp3) is 0.269. The summed E-state index contributed by atoms with van der Waals surface area (Å²) >= 11 is 0. The molecular weight excluding hydrogens is 493 g/mol. The van der Waals surface area contributed by atoms with E-state index in [4.69, 9.17) is 9.84 Å². The fourth-order valence-electron chi connectivity index (χ4n) is 4.29. The molecule has 0 saturated carbocycles. The van der Waals surface area contributed by atoms with Crippen LogP contribution in [0, 0.1) is 5.82 Å². The number of aliphatic hydroxyl groups is 1. The van der Waals surface area contributed by atoms with Crippen LogP contribution in [0.1, 0.15) is 12.5 Å². The summed E-state index contributed by atoms with van der Waals surface area (Å²) in [6, 6.07) is 12.1. The number of cyclic esters (lactones) is 1. The molecule has 38 heavy (non-hydrogen) atoms. The van der Waals surface area contributed by atoms with Gasteiger partial charge in [-0.05, 0) is 29.3 Å². The van der Waals surface area contributed by atoms with Crippen molar-refractivity contribution in [1.82, 2.24) is 24.8 Å². The zero-order chi connectivity index (χ0) is 26.6. The van der Waals surface area contributed by atoms with Gasteiger partial charge in [-0.2, -0.15) is 0 Å². The molecule has 1 aliphatic heterocycles. The van der Waals surface area contributed by atoms with Gasteiger partial charge in [0.2, 0.25) is 5.91 Å². The average molecular weight is 520 g/mol. The van der Waals surface area contributed by atoms with Crippen molar-refractivity contribution in [3.63, 3.8) is 0 Å². The molecule has 1 atom stereocenters. The topological polar surface area (TPSA) is 134 Å². The number of benzene rings is 2. The molecule has 0 bridgehead atoms. The van der Waals surface area contributed by atoms with E-state index in [-0.39, 0.29) is 25.6 Å². The van der Waals surface area contributed by atoms with E-state index in [1.807, 2.05) is 28.8 Å². The summed E-state index contributed by atoms with van der Waals surface area (Å²) < 4.78 is 22.2. The summed E-state index contributed by atoms with van der Waals surface area (Å²) in [5, 5.41) is 14.7. The second kappa shape index (κ2) is 10.8. The highest BCUT2D eigenvalue weighted by Crippen LogP contribution is 2.29. The first-order valence-corrected chi connectivity index (χ1v) is 12.0. The summed E-state index contributed by atoms with van der Waals surface area (Å²) in [4.78, 5) is 37.6. The van der Waals surface area contributed by atoms with Crippen molar-refractivity contribution >= 4 is 34.7 Å². The maximum Gasteiger partial charge on any atom is 0.414 e. The van der Waals surface area contributed by atoms with Crippen LogP contribution in [0.3, 0.4) is 0 Å². The van der Waals surface area contributed by atoms with Crippen LogP contribution in [0.25, 0.3) is 22.3 Å². The van der Waals surface area contributed by atoms with Crippen molar-refractivity contribution < 1.29 is 23.8 Å². The van der Waals surface area contributed by atoms with E-state index in [9.17, 15) is 9.59 Å². The molecule has 1 aliphatic rings. The first-order valence-electron chi connectivity index (χ1n) is 12.0. The SMILES string of the molecule is CC(=O)NC[C@H]1CN(c2ccc(-c3ccc(Cn4cnc5c(NCCO)ncnc54)cc3)c(F)c2)C(=O)O1. The molecule has 4 aromatic rings. The summed E-state index contributed by atoms with van der Waals surface area (Å²) in [5.74, 6) is -0.120. The molecule has 3 heterocycles. The van der Waals surface area contributed by atoms with E-state index >= 15 is 4.39 Å². The molecule has 5 rings (SSSR count). The van der Waals surface area contributed by atoms with Gasteiger partial charge in [0.1, 0.15) is 23.8 Å². The molecular formula is C26H26FN7O4. The molecule has 11 nitrogen and oxygen atoms in total. The highest BCUT2D eigenvalue weighted by molar-refractivity contribution is 5.90. The molecule has 0 radical (unpaired) electrons. The Morgan fingerprint density at radius 2 is 2.00 bits per heavy atom. The molecule has 0 unspecified atom stereocenters. The number of carbonyl (C=O) groups is 2. The van der Waals surface area contributed by atoms with Crippen LogP contribution in [0.4, 0.5) is 20.7 Å². The summed E-state index contributed by atoms with van der Waals surface area (Å²) in [6.07, 6.45) is 2.05. The van der Waals surface area contributed by atoms with Crippen molar-refractivity contribution in [2.75, 3.05) is 36.5 Å². The van der Waals surface area contributed by atoms with Crippen molar-refractivity contribution in [1.29, 1.82) is 0 Å². The second-order valence-electron chi connectivity index (χ2n) is 8.83. The number of rotatable bonds is 9. The summed E-state index contributed by atoms with van der Waals surface area (Å²) in [5.41, 5.74) is 3.73. The normalized spacial score (nSPS) is 15.1. The number of halogens is 1. The van der Waals surface area contributed by atoms with Gasteiger partial charge < -0.3 is 25.0 Å². The van der Waals surface area contributed by atoms with Crippen LogP contribution in [-0.4, -0.2) is 69.0 Å². The number of carbonyl (C=O) groups excluding carboxylic acids is 2. The first-order chi connectivity index (χ1) is 18.4. The van der Waals surface area contributed by atoms with Gasteiger partial charge in [0.05, 0.1) is 38.3 Å². The van der Waals surface area contributed by atoms with E-state index in [2.05, 4.69) is 25.6 Å². The summed E-state index contributed by atoms with van der Waals surface area (Å²) in [7, 11) is 0. The van der Waals surface area contributed by atoms with Crippen LogP contribution in [0.15, 0.2) is 55.1 Å². The predicted octanol–water partition coefficient (Wildman–Crippen LogP) is 2.55. The zero-order valence-electron chi connectivity index (χ0n) is 20.6. The Morgan fingerprint density at radius 1 is 1.18 bits per heavy atom. The molecule has 2 aromatic heterocycles. The van der Waals surface area contributed by atoms with E-state index in [1.165, 1.54) is 24.2 Å². The van der Waals surface area contributed by atoms with Gasteiger partial charge >= 0.3 is 6.09 Å². The lowest BCUT2D eigenvalue weighted by Crippen LogP contribution is -2.33. The summed E-state index contributed by atoms with van der Waals surface area (Å²) in [6.45, 7) is 2.66. The first kappa shape index (κ1) is 25.1. The molecule has 12 heteroatoms. The van der Waals surface area contributed by atoms with Gasteiger partial charge in [0.25, 0.3) is 0 Å². The number of nitrogens with zero attached hydrogens (tertiary/aromatic N) is 5. The predicted molar refractivity (Wildman–Crippen MR) is 138 cm³/mol. The lowest BCUT2D eigenvalue weighted by atomic mass is 10.0. The van der Waals surface area contributed by atoms with Crippen LogP contribution in [0.2, 0.25) is 0 Å². The van der Waals surface area contributed by atoms with Crippen LogP contribution < -0.4 is 15.5 Å². The lowest BCUT2D eigenvalue weighted by Gasteiger charge is -2.15. The number of fused-ring (bicyclic) bond motifs is 1. The van der Waals surface area contributed by atoms with Crippen LogP contribution >= 0.6 is 0 Å². The number of imidazole rings is 1. The Balaban J connectivity index is 1.28. The molecule has 0 spiro atoms. The van der Waals surface area contributed by atoms with E-state index in [1.54, 1.807) is 18.5 Å². The largest absolute Gasteiger partial charge is 0.442 e. The highest BCUT2D eigenvalue weighted by Gasteiger charge is 2.32. The Hall–Kier alpha value is -4.58. The smallest absolute Gasteiger partial charge is 0.414 e. The number of aliphatic hydroxyl groups excluding tert-OH is 1. The van der Waals surface area contributed by atoms with Crippen molar-refractivity contribution in [3.8, 4) is 11.1 Å². The monoisotopic (exact) mass is 519 g/mol. The highest BCUT2D eigenvalue weighted by atomic mass is 19.1. The van der Waals surface area contributed by atoms with Crippen molar-refractivity contribution in [2.45, 2.75) is 19.6 Å². The number of aromatic nitrogens is 4. The second-order valence-corrected chi connectivity index (χ2v) is 8.83. The molecule has 0 aliphatic carbocycles. The fourth-order valence-corrected chi connectivity index (χ4v) is 4.29. The van der Waals surface area contributed by atoms with Crippen LogP contribution in [0.5, 0.6) is 0 Å². The minimum atomic E-state index is -0.578. The minimum absolute atomic E-state index is 0.0208. The van der Waals surface area contributed by atoms with Gasteiger partial charge in [0.15, 0.2) is 11.5 Å². The van der Waals surface area contributed by atoms with Gasteiger partial charge in [-0.1, -0.05) is 24.3 Å². The molecule has 2 aromatic carbocycles. The van der Waals surface area contributed by atoms with Crippen molar-refractivity contribution in [3.05, 3.63) is 66.5 Å². The maximum atomic E-state index is 15.1. The van der Waals surface area contributed by atoms with Gasteiger partial charge in [0, 0.05) is 19.0 Å². The number of nitrogens with one attached hydrogen (secondary N) is 2. The zero-order valence-corrected chi connectivity index (χ0v) is 20.6. The molecule has 3 N–H and O–H groups in total. The van der Waals surface area contributed by atoms with Crippen LogP contribution in [-0.2, 0) is 16.1 Å². The Morgan fingerprint density at radius 3 is 2.74 bits per heavy atom. The van der Waals surface area contributed by atoms with Gasteiger partial charge in [-0.25, -0.2) is 24.1 Å². The van der Waals surface area contributed by atoms with Gasteiger partial charge in [-0.3, -0.25) is 9.69 Å². The van der Waals surface area contributed by atoms with E-state index in [0.717, 1.165) is 5.56 Å². The number of ether oxygens (including phenoxy) is 1. The minimum Gasteiger partial charge on any atom is -0.442 e. The molecule has 2 amide bonds. The molecule has 1 fully saturated rings. The third-order valence-electron chi connectivity index (χ3n) is 6.14. The Bertz CT molecular complexity index is 1470. The maximum absolute atomic E-state index is 15.1. The van der Waals surface area contributed by atoms with Gasteiger partial charge in [-0.15, -0.1) is 0 Å². The number of anilines is 2. The third kappa shape index (κ3) is 5.25. The molecule has 1 saturated heterocycles. The number of hydrogen-bond acceptors (Lipinski definition) is 8. The number of hydrogen-bond donors (Lipinski definition) is 3. The average Bonchev–Trinajstić information content (AvgIpc) is 3.50. The Labute approximate surface area is 217 Å². The molecule has 196 valence electrons. The standard InChI is InChI=1S/C26H26FN7O4/c1-16(36)29-11-20-13-34(26(37)38-20)19-6-7-21(22(27)10-19)18-4-2-17(3-5-18)12-33-15-32-23-24(28-8-9-35)30-14-31-25(23)33/h2-7,10,14-15,20,35H,8-9,11-13H2,1H3,(H,29,36)(H,28,30,31)/t20-/m0/s1.